The Morgan fingerprint density at radius 3 is 2.32 bits per heavy atom. The molecule has 0 unspecified atom stereocenters. The van der Waals surface area contributed by atoms with Gasteiger partial charge in [-0.1, -0.05) is 48.0 Å². The second-order valence-electron chi connectivity index (χ2n) is 6.94. The summed E-state index contributed by atoms with van der Waals surface area (Å²) in [6.45, 7) is 3.84. The average molecular weight is 444 g/mol. The highest BCUT2D eigenvalue weighted by atomic mass is 35.5. The highest BCUT2D eigenvalue weighted by Crippen LogP contribution is 2.34. The van der Waals surface area contributed by atoms with Crippen molar-refractivity contribution in [1.82, 2.24) is 5.32 Å². The highest BCUT2D eigenvalue weighted by molar-refractivity contribution is 6.31. The maximum Gasteiger partial charge on any atom is 0.163 e. The van der Waals surface area contributed by atoms with Gasteiger partial charge in [0.2, 0.25) is 0 Å². The molecular weight excluding hydrogens is 417 g/mol. The molecule has 164 valence electrons. The molecule has 3 aromatic carbocycles. The lowest BCUT2D eigenvalue weighted by atomic mass is 10.1. The predicted molar refractivity (Wildman–Crippen MR) is 122 cm³/mol. The Morgan fingerprint density at radius 1 is 0.871 bits per heavy atom. The van der Waals surface area contributed by atoms with Crippen molar-refractivity contribution >= 4 is 11.6 Å². The molecule has 3 aromatic rings. The van der Waals surface area contributed by atoms with Crippen molar-refractivity contribution in [3.63, 3.8) is 0 Å². The normalized spacial score (nSPS) is 10.7. The van der Waals surface area contributed by atoms with Crippen molar-refractivity contribution in [2.75, 3.05) is 20.3 Å². The van der Waals surface area contributed by atoms with Crippen LogP contribution in [0.5, 0.6) is 17.2 Å². The summed E-state index contributed by atoms with van der Waals surface area (Å²) in [6, 6.07) is 18.1. The van der Waals surface area contributed by atoms with Crippen LogP contribution in [-0.4, -0.2) is 20.3 Å². The van der Waals surface area contributed by atoms with E-state index in [1.54, 1.807) is 31.4 Å². The maximum absolute atomic E-state index is 13.9. The molecule has 0 spiro atoms. The molecule has 0 saturated carbocycles. The summed E-state index contributed by atoms with van der Waals surface area (Å²) < 4.78 is 30.8. The summed E-state index contributed by atoms with van der Waals surface area (Å²) in [6.07, 6.45) is 0.837. The lowest BCUT2D eigenvalue weighted by Gasteiger charge is -2.16. The SMILES string of the molecule is CCOc1cc(CNCCc2ccccc2OC)c(Cl)cc1OCc1ccccc1F. The third kappa shape index (κ3) is 6.36. The predicted octanol–water partition coefficient (Wildman–Crippen LogP) is 5.80. The quantitative estimate of drug-likeness (QED) is 0.380. The summed E-state index contributed by atoms with van der Waals surface area (Å²) in [5, 5.41) is 3.98. The Morgan fingerprint density at radius 2 is 1.58 bits per heavy atom. The number of ether oxygens (including phenoxy) is 3. The maximum atomic E-state index is 13.9. The lowest BCUT2D eigenvalue weighted by Crippen LogP contribution is -2.17. The fourth-order valence-electron chi connectivity index (χ4n) is 3.22. The molecule has 0 aliphatic carbocycles. The Hall–Kier alpha value is -2.76. The Labute approximate surface area is 187 Å². The minimum atomic E-state index is -0.303. The minimum Gasteiger partial charge on any atom is -0.496 e. The van der Waals surface area contributed by atoms with Gasteiger partial charge < -0.3 is 19.5 Å². The first kappa shape index (κ1) is 22.9. The van der Waals surface area contributed by atoms with Crippen LogP contribution in [0.3, 0.4) is 0 Å². The Kier molecular flexibility index (Phi) is 8.56. The molecule has 0 atom stereocenters. The van der Waals surface area contributed by atoms with Crippen LogP contribution in [0, 0.1) is 5.82 Å². The van der Waals surface area contributed by atoms with Crippen LogP contribution in [0.4, 0.5) is 4.39 Å². The molecular formula is C25H27ClFNO3. The van der Waals surface area contributed by atoms with E-state index in [4.69, 9.17) is 25.8 Å². The largest absolute Gasteiger partial charge is 0.496 e. The molecule has 0 bridgehead atoms. The molecule has 0 aromatic heterocycles. The number of para-hydroxylation sites is 1. The third-order valence-electron chi connectivity index (χ3n) is 4.83. The molecule has 0 radical (unpaired) electrons. The van der Waals surface area contributed by atoms with E-state index in [1.165, 1.54) is 6.07 Å². The molecule has 0 aliphatic rings. The second kappa shape index (κ2) is 11.6. The fraction of sp³-hybridized carbons (Fsp3) is 0.280. The number of rotatable bonds is 11. The molecule has 6 heteroatoms. The number of hydrogen-bond donors (Lipinski definition) is 1. The number of nitrogens with one attached hydrogen (secondary N) is 1. The summed E-state index contributed by atoms with van der Waals surface area (Å²) in [4.78, 5) is 0. The topological polar surface area (TPSA) is 39.7 Å². The molecule has 0 fully saturated rings. The van der Waals surface area contributed by atoms with Crippen LogP contribution in [0.25, 0.3) is 0 Å². The van der Waals surface area contributed by atoms with Crippen LogP contribution in [-0.2, 0) is 19.6 Å². The summed E-state index contributed by atoms with van der Waals surface area (Å²) >= 11 is 6.49. The standard InChI is InChI=1S/C25H27ClFNO3/c1-3-30-24-14-20(16-28-13-12-18-8-5-7-11-23(18)29-2)21(26)15-25(24)31-17-19-9-4-6-10-22(19)27/h4-11,14-15,28H,3,12-13,16-17H2,1-2H3. The highest BCUT2D eigenvalue weighted by Gasteiger charge is 2.12. The average Bonchev–Trinajstić information content (AvgIpc) is 2.78. The first-order chi connectivity index (χ1) is 15.1. The summed E-state index contributed by atoms with van der Waals surface area (Å²) in [7, 11) is 1.68. The van der Waals surface area contributed by atoms with Crippen molar-refractivity contribution in [3.8, 4) is 17.2 Å². The molecule has 1 N–H and O–H groups in total. The molecule has 0 saturated heterocycles. The lowest BCUT2D eigenvalue weighted by molar-refractivity contribution is 0.265. The van der Waals surface area contributed by atoms with Crippen molar-refractivity contribution in [1.29, 1.82) is 0 Å². The van der Waals surface area contributed by atoms with Gasteiger partial charge in [-0.3, -0.25) is 0 Å². The van der Waals surface area contributed by atoms with Crippen molar-refractivity contribution in [3.05, 3.63) is 88.2 Å². The molecule has 0 aliphatic heterocycles. The van der Waals surface area contributed by atoms with Gasteiger partial charge >= 0.3 is 0 Å². The van der Waals surface area contributed by atoms with Gasteiger partial charge in [0, 0.05) is 23.2 Å². The zero-order valence-corrected chi connectivity index (χ0v) is 18.5. The van der Waals surface area contributed by atoms with E-state index in [1.807, 2.05) is 31.2 Å². The van der Waals surface area contributed by atoms with Gasteiger partial charge in [-0.15, -0.1) is 0 Å². The second-order valence-corrected chi connectivity index (χ2v) is 7.35. The summed E-state index contributed by atoms with van der Waals surface area (Å²) in [5.41, 5.74) is 2.53. The van der Waals surface area contributed by atoms with Gasteiger partial charge in [0.05, 0.1) is 13.7 Å². The number of methoxy groups -OCH3 is 1. The number of benzene rings is 3. The molecule has 0 amide bonds. The van der Waals surface area contributed by atoms with E-state index in [-0.39, 0.29) is 12.4 Å². The van der Waals surface area contributed by atoms with Gasteiger partial charge in [0.1, 0.15) is 18.2 Å². The van der Waals surface area contributed by atoms with E-state index < -0.39 is 0 Å². The third-order valence-corrected chi connectivity index (χ3v) is 5.18. The first-order valence-electron chi connectivity index (χ1n) is 10.3. The van der Waals surface area contributed by atoms with Crippen LogP contribution in [0.15, 0.2) is 60.7 Å². The van der Waals surface area contributed by atoms with Crippen LogP contribution < -0.4 is 19.5 Å². The van der Waals surface area contributed by atoms with Crippen molar-refractivity contribution < 1.29 is 18.6 Å². The van der Waals surface area contributed by atoms with E-state index >= 15 is 0 Å². The van der Waals surface area contributed by atoms with Gasteiger partial charge in [-0.25, -0.2) is 4.39 Å². The Bertz CT molecular complexity index is 996. The van der Waals surface area contributed by atoms with Crippen LogP contribution in [0.2, 0.25) is 5.02 Å². The van der Waals surface area contributed by atoms with Gasteiger partial charge in [-0.2, -0.15) is 0 Å². The Balaban J connectivity index is 1.63. The van der Waals surface area contributed by atoms with E-state index in [9.17, 15) is 4.39 Å². The van der Waals surface area contributed by atoms with Gasteiger partial charge in [0.15, 0.2) is 11.5 Å². The van der Waals surface area contributed by atoms with Crippen LogP contribution in [0.1, 0.15) is 23.6 Å². The molecule has 31 heavy (non-hydrogen) atoms. The molecule has 4 nitrogen and oxygen atoms in total. The van der Waals surface area contributed by atoms with E-state index in [0.29, 0.717) is 35.2 Å². The van der Waals surface area contributed by atoms with Gasteiger partial charge in [0.25, 0.3) is 0 Å². The monoisotopic (exact) mass is 443 g/mol. The van der Waals surface area contributed by atoms with E-state index in [2.05, 4.69) is 11.4 Å². The zero-order chi connectivity index (χ0) is 22.1. The van der Waals surface area contributed by atoms with Gasteiger partial charge in [-0.05, 0) is 49.2 Å². The van der Waals surface area contributed by atoms with E-state index in [0.717, 1.165) is 29.8 Å². The minimum absolute atomic E-state index is 0.0968. The molecule has 0 heterocycles. The number of hydrogen-bond acceptors (Lipinski definition) is 4. The first-order valence-corrected chi connectivity index (χ1v) is 10.6. The fourth-order valence-corrected chi connectivity index (χ4v) is 3.44. The zero-order valence-electron chi connectivity index (χ0n) is 17.8. The number of halogens is 2. The smallest absolute Gasteiger partial charge is 0.163 e. The molecule has 3 rings (SSSR count). The van der Waals surface area contributed by atoms with Crippen molar-refractivity contribution in [2.24, 2.45) is 0 Å². The summed E-state index contributed by atoms with van der Waals surface area (Å²) in [5.74, 6) is 1.66. The van der Waals surface area contributed by atoms with Crippen molar-refractivity contribution in [2.45, 2.75) is 26.5 Å². The van der Waals surface area contributed by atoms with Crippen LogP contribution >= 0.6 is 11.6 Å².